The fourth-order valence-corrected chi connectivity index (χ4v) is 4.54. The standard InChI is InChI=1S/C25H19FN4O2S/c1-30-28-23(27-29-30)14-5-16-3-10-19(11-4-16)32-24-21-13-12-20(31-2)15-22(21)33-25(24)17-6-8-18(26)9-7-17/h3-15H,1-2H3/b14-5+. The van der Waals surface area contributed by atoms with Gasteiger partial charge in [0, 0.05) is 10.1 Å². The third-order valence-electron chi connectivity index (χ3n) is 5.01. The Kier molecular flexibility index (Phi) is 5.58. The molecule has 164 valence electrons. The molecule has 6 nitrogen and oxygen atoms in total. The Balaban J connectivity index is 1.47. The minimum absolute atomic E-state index is 0.274. The molecule has 0 bridgehead atoms. The number of fused-ring (bicyclic) bond motifs is 1. The maximum atomic E-state index is 13.5. The molecule has 5 aromatic rings. The molecular formula is C25H19FN4O2S. The van der Waals surface area contributed by atoms with Crippen LogP contribution in [0.2, 0.25) is 0 Å². The first kappa shape index (κ1) is 20.8. The van der Waals surface area contributed by atoms with Crippen LogP contribution < -0.4 is 9.47 Å². The van der Waals surface area contributed by atoms with E-state index in [-0.39, 0.29) is 5.82 Å². The average molecular weight is 459 g/mol. The van der Waals surface area contributed by atoms with Crippen LogP contribution in [0.15, 0.2) is 66.7 Å². The summed E-state index contributed by atoms with van der Waals surface area (Å²) in [5, 5.41) is 12.9. The number of tetrazole rings is 1. The maximum Gasteiger partial charge on any atom is 0.197 e. The molecule has 2 aromatic heterocycles. The molecule has 0 unspecified atom stereocenters. The van der Waals surface area contributed by atoms with Crippen molar-refractivity contribution in [3.05, 3.63) is 83.9 Å². The van der Waals surface area contributed by atoms with Gasteiger partial charge in [0.05, 0.1) is 19.0 Å². The molecule has 33 heavy (non-hydrogen) atoms. The van der Waals surface area contributed by atoms with Gasteiger partial charge in [-0.2, -0.15) is 4.80 Å². The van der Waals surface area contributed by atoms with Crippen LogP contribution in [0.3, 0.4) is 0 Å². The van der Waals surface area contributed by atoms with Gasteiger partial charge in [0.1, 0.15) is 17.3 Å². The van der Waals surface area contributed by atoms with Crippen molar-refractivity contribution in [1.82, 2.24) is 20.2 Å². The van der Waals surface area contributed by atoms with Crippen molar-refractivity contribution >= 4 is 33.6 Å². The molecule has 2 heterocycles. The second-order valence-corrected chi connectivity index (χ2v) is 8.32. The van der Waals surface area contributed by atoms with Crippen molar-refractivity contribution in [3.8, 4) is 27.7 Å². The first-order chi connectivity index (χ1) is 16.1. The molecule has 0 atom stereocenters. The number of thiophene rings is 1. The molecule has 3 aromatic carbocycles. The Bertz CT molecular complexity index is 1440. The van der Waals surface area contributed by atoms with E-state index in [1.54, 1.807) is 43.7 Å². The van der Waals surface area contributed by atoms with Crippen LogP contribution in [0.25, 0.3) is 32.7 Å². The summed E-state index contributed by atoms with van der Waals surface area (Å²) in [6.45, 7) is 0. The molecule has 0 aliphatic carbocycles. The number of nitrogens with zero attached hydrogens (tertiary/aromatic N) is 4. The molecule has 8 heteroatoms. The third kappa shape index (κ3) is 4.47. The summed E-state index contributed by atoms with van der Waals surface area (Å²) < 4.78 is 26.3. The number of rotatable bonds is 6. The Morgan fingerprint density at radius 2 is 1.70 bits per heavy atom. The lowest BCUT2D eigenvalue weighted by Crippen LogP contribution is -1.91. The molecular weight excluding hydrogens is 439 g/mol. The van der Waals surface area contributed by atoms with Gasteiger partial charge in [-0.1, -0.05) is 30.3 Å². The van der Waals surface area contributed by atoms with Crippen LogP contribution in [-0.4, -0.2) is 27.3 Å². The van der Waals surface area contributed by atoms with E-state index >= 15 is 0 Å². The fourth-order valence-electron chi connectivity index (χ4n) is 3.37. The molecule has 0 N–H and O–H groups in total. The number of ether oxygens (including phenoxy) is 2. The summed E-state index contributed by atoms with van der Waals surface area (Å²) in [5.41, 5.74) is 1.87. The molecule has 0 saturated heterocycles. The quantitative estimate of drug-likeness (QED) is 0.303. The molecule has 0 aliphatic rings. The van der Waals surface area contributed by atoms with Crippen LogP contribution in [0.4, 0.5) is 4.39 Å². The van der Waals surface area contributed by atoms with E-state index in [1.165, 1.54) is 16.9 Å². The molecule has 0 spiro atoms. The zero-order chi connectivity index (χ0) is 22.8. The Morgan fingerprint density at radius 3 is 2.39 bits per heavy atom. The van der Waals surface area contributed by atoms with Gasteiger partial charge in [-0.3, -0.25) is 0 Å². The highest BCUT2D eigenvalue weighted by atomic mass is 32.1. The van der Waals surface area contributed by atoms with E-state index in [2.05, 4.69) is 15.4 Å². The molecule has 0 radical (unpaired) electrons. The summed E-state index contributed by atoms with van der Waals surface area (Å²) in [7, 11) is 3.37. The Hall–Kier alpha value is -4.04. The molecule has 5 rings (SSSR count). The zero-order valence-electron chi connectivity index (χ0n) is 17.9. The highest BCUT2D eigenvalue weighted by Crippen LogP contribution is 2.47. The van der Waals surface area contributed by atoms with Gasteiger partial charge in [0.25, 0.3) is 0 Å². The van der Waals surface area contributed by atoms with Crippen LogP contribution in [-0.2, 0) is 7.05 Å². The second-order valence-electron chi connectivity index (χ2n) is 7.27. The number of methoxy groups -OCH3 is 1. The summed E-state index contributed by atoms with van der Waals surface area (Å²) in [6.07, 6.45) is 3.71. The molecule has 0 amide bonds. The minimum atomic E-state index is -0.274. The predicted molar refractivity (Wildman–Crippen MR) is 128 cm³/mol. The Morgan fingerprint density at radius 1 is 0.939 bits per heavy atom. The van der Waals surface area contributed by atoms with E-state index in [9.17, 15) is 4.39 Å². The topological polar surface area (TPSA) is 62.1 Å². The van der Waals surface area contributed by atoms with Crippen LogP contribution >= 0.6 is 11.3 Å². The summed E-state index contributed by atoms with van der Waals surface area (Å²) >= 11 is 1.58. The lowest BCUT2D eigenvalue weighted by molar-refractivity contribution is 0.415. The van der Waals surface area contributed by atoms with Crippen molar-refractivity contribution in [1.29, 1.82) is 0 Å². The highest BCUT2D eigenvalue weighted by Gasteiger charge is 2.17. The summed E-state index contributed by atoms with van der Waals surface area (Å²) in [4.78, 5) is 2.34. The summed E-state index contributed by atoms with van der Waals surface area (Å²) in [5.74, 6) is 2.47. The first-order valence-electron chi connectivity index (χ1n) is 10.2. The zero-order valence-corrected chi connectivity index (χ0v) is 18.7. The van der Waals surface area contributed by atoms with Gasteiger partial charge < -0.3 is 9.47 Å². The van der Waals surface area contributed by atoms with Crippen molar-refractivity contribution in [2.24, 2.45) is 7.05 Å². The number of benzene rings is 3. The summed E-state index contributed by atoms with van der Waals surface area (Å²) in [6, 6.07) is 20.0. The average Bonchev–Trinajstić information content (AvgIpc) is 3.42. The normalized spacial score (nSPS) is 11.4. The van der Waals surface area contributed by atoms with Crippen molar-refractivity contribution in [2.45, 2.75) is 0 Å². The SMILES string of the molecule is COc1ccc2c(Oc3ccc(/C=C/c4nnn(C)n4)cc3)c(-c3ccc(F)cc3)sc2c1. The van der Waals surface area contributed by atoms with E-state index < -0.39 is 0 Å². The molecule has 0 aliphatic heterocycles. The highest BCUT2D eigenvalue weighted by molar-refractivity contribution is 7.22. The minimum Gasteiger partial charge on any atom is -0.497 e. The third-order valence-corrected chi connectivity index (χ3v) is 6.19. The van der Waals surface area contributed by atoms with Crippen molar-refractivity contribution in [3.63, 3.8) is 0 Å². The second kappa shape index (κ2) is 8.84. The van der Waals surface area contributed by atoms with Crippen molar-refractivity contribution in [2.75, 3.05) is 7.11 Å². The number of hydrogen-bond acceptors (Lipinski definition) is 6. The van der Waals surface area contributed by atoms with E-state index in [0.29, 0.717) is 11.6 Å². The van der Waals surface area contributed by atoms with E-state index in [4.69, 9.17) is 9.47 Å². The van der Waals surface area contributed by atoms with Crippen LogP contribution in [0.5, 0.6) is 17.2 Å². The van der Waals surface area contributed by atoms with Gasteiger partial charge in [-0.15, -0.1) is 21.5 Å². The van der Waals surface area contributed by atoms with Gasteiger partial charge >= 0.3 is 0 Å². The van der Waals surface area contributed by atoms with E-state index in [0.717, 1.165) is 37.6 Å². The largest absolute Gasteiger partial charge is 0.497 e. The maximum absolute atomic E-state index is 13.5. The van der Waals surface area contributed by atoms with Gasteiger partial charge in [-0.05, 0) is 64.9 Å². The van der Waals surface area contributed by atoms with Crippen LogP contribution in [0, 0.1) is 5.82 Å². The first-order valence-corrected chi connectivity index (χ1v) is 11.0. The Labute approximate surface area is 193 Å². The van der Waals surface area contributed by atoms with Crippen LogP contribution in [0.1, 0.15) is 11.4 Å². The number of hydrogen-bond donors (Lipinski definition) is 0. The molecule has 0 fully saturated rings. The predicted octanol–water partition coefficient (Wildman–Crippen LogP) is 6.20. The molecule has 0 saturated carbocycles. The van der Waals surface area contributed by atoms with Crippen molar-refractivity contribution < 1.29 is 13.9 Å². The number of halogens is 1. The van der Waals surface area contributed by atoms with Gasteiger partial charge in [-0.25, -0.2) is 4.39 Å². The lowest BCUT2D eigenvalue weighted by Gasteiger charge is -2.09. The smallest absolute Gasteiger partial charge is 0.197 e. The van der Waals surface area contributed by atoms with Gasteiger partial charge in [0.2, 0.25) is 0 Å². The van der Waals surface area contributed by atoms with E-state index in [1.807, 2.05) is 48.5 Å². The number of aromatic nitrogens is 4. The monoisotopic (exact) mass is 458 g/mol. The fraction of sp³-hybridized carbons (Fsp3) is 0.0800. The van der Waals surface area contributed by atoms with Gasteiger partial charge in [0.15, 0.2) is 11.6 Å². The lowest BCUT2D eigenvalue weighted by atomic mass is 10.1. The number of aryl methyl sites for hydroxylation is 1.